The molecule has 0 aliphatic carbocycles. The number of ether oxygens (including phenoxy) is 6. The molecule has 0 radical (unpaired) electrons. The molecule has 1 aromatic carbocycles. The van der Waals surface area contributed by atoms with Gasteiger partial charge in [0.05, 0.1) is 32.0 Å². The van der Waals surface area contributed by atoms with Crippen LogP contribution in [0.2, 0.25) is 0 Å². The van der Waals surface area contributed by atoms with Gasteiger partial charge in [-0.05, 0) is 36.7 Å². The zero-order chi connectivity index (χ0) is 27.8. The second-order valence-corrected chi connectivity index (χ2v) is 11.0. The smallest absolute Gasteiger partial charge is 0.335 e. The number of benzene rings is 1. The van der Waals surface area contributed by atoms with Gasteiger partial charge in [-0.15, -0.1) is 0 Å². The molecule has 2 heterocycles. The summed E-state index contributed by atoms with van der Waals surface area (Å²) in [4.78, 5) is 24.4. The van der Waals surface area contributed by atoms with Crippen LogP contribution in [0.15, 0.2) is 30.3 Å². The molecule has 2 fully saturated rings. The summed E-state index contributed by atoms with van der Waals surface area (Å²) in [5, 5.41) is 0. The normalized spacial score (nSPS) is 33.9. The number of carbonyl (C=O) groups excluding carboxylic acids is 2. The Morgan fingerprint density at radius 2 is 1.76 bits per heavy atom. The molecule has 8 heteroatoms. The first kappa shape index (κ1) is 30.5. The molecule has 214 valence electrons. The summed E-state index contributed by atoms with van der Waals surface area (Å²) in [6, 6.07) is 9.98. The Morgan fingerprint density at radius 1 is 1.05 bits per heavy atom. The number of hydrogen-bond acceptors (Lipinski definition) is 8. The molecular formula is C30H46O8. The van der Waals surface area contributed by atoms with Crippen molar-refractivity contribution in [3.8, 4) is 0 Å². The fourth-order valence-corrected chi connectivity index (χ4v) is 5.69. The van der Waals surface area contributed by atoms with E-state index in [1.54, 1.807) is 0 Å². The molecule has 9 unspecified atom stereocenters. The van der Waals surface area contributed by atoms with Crippen molar-refractivity contribution in [2.75, 3.05) is 13.7 Å². The van der Waals surface area contributed by atoms with Gasteiger partial charge in [-0.2, -0.15) is 0 Å². The summed E-state index contributed by atoms with van der Waals surface area (Å²) < 4.78 is 36.5. The highest BCUT2D eigenvalue weighted by atomic mass is 16.7. The highest BCUT2D eigenvalue weighted by molar-refractivity contribution is 5.75. The van der Waals surface area contributed by atoms with Crippen molar-refractivity contribution < 1.29 is 38.0 Å². The van der Waals surface area contributed by atoms with Gasteiger partial charge in [0.2, 0.25) is 0 Å². The van der Waals surface area contributed by atoms with Gasteiger partial charge in [-0.25, -0.2) is 4.79 Å². The quantitative estimate of drug-likeness (QED) is 0.391. The van der Waals surface area contributed by atoms with E-state index in [0.717, 1.165) is 24.8 Å². The molecule has 38 heavy (non-hydrogen) atoms. The average molecular weight is 535 g/mol. The van der Waals surface area contributed by atoms with E-state index in [1.807, 2.05) is 37.3 Å². The summed E-state index contributed by atoms with van der Waals surface area (Å²) in [7, 11) is 1.36. The van der Waals surface area contributed by atoms with Gasteiger partial charge in [0.1, 0.15) is 12.7 Å². The van der Waals surface area contributed by atoms with E-state index in [4.69, 9.17) is 28.4 Å². The highest BCUT2D eigenvalue weighted by Crippen LogP contribution is 2.40. The first-order chi connectivity index (χ1) is 18.2. The van der Waals surface area contributed by atoms with Crippen LogP contribution in [-0.2, 0) is 44.6 Å². The summed E-state index contributed by atoms with van der Waals surface area (Å²) >= 11 is 0. The van der Waals surface area contributed by atoms with Gasteiger partial charge < -0.3 is 28.4 Å². The maximum Gasteiger partial charge on any atom is 0.335 e. The summed E-state index contributed by atoms with van der Waals surface area (Å²) in [6.45, 7) is 12.4. The Labute approximate surface area is 227 Å². The molecule has 8 nitrogen and oxygen atoms in total. The van der Waals surface area contributed by atoms with E-state index in [9.17, 15) is 9.59 Å². The molecule has 1 aromatic rings. The van der Waals surface area contributed by atoms with Crippen LogP contribution in [0.25, 0.3) is 0 Å². The highest BCUT2D eigenvalue weighted by Gasteiger charge is 2.50. The van der Waals surface area contributed by atoms with Crippen LogP contribution in [0.5, 0.6) is 0 Å². The number of esters is 2. The first-order valence-electron chi connectivity index (χ1n) is 14.0. The lowest BCUT2D eigenvalue weighted by Crippen LogP contribution is -2.57. The molecule has 9 atom stereocenters. The molecule has 2 saturated heterocycles. The van der Waals surface area contributed by atoms with Crippen molar-refractivity contribution in [2.45, 2.75) is 104 Å². The molecule has 2 aliphatic rings. The number of methoxy groups -OCH3 is 1. The van der Waals surface area contributed by atoms with Crippen molar-refractivity contribution in [1.29, 1.82) is 0 Å². The van der Waals surface area contributed by atoms with Crippen molar-refractivity contribution >= 4 is 11.9 Å². The van der Waals surface area contributed by atoms with E-state index in [1.165, 1.54) is 14.0 Å². The van der Waals surface area contributed by atoms with Gasteiger partial charge in [-0.3, -0.25) is 4.79 Å². The second kappa shape index (κ2) is 14.4. The number of rotatable bonds is 10. The maximum absolute atomic E-state index is 12.8. The van der Waals surface area contributed by atoms with Crippen molar-refractivity contribution in [3.05, 3.63) is 35.9 Å². The lowest BCUT2D eigenvalue weighted by atomic mass is 9.78. The predicted octanol–water partition coefficient (Wildman–Crippen LogP) is 4.92. The third kappa shape index (κ3) is 7.78. The lowest BCUT2D eigenvalue weighted by molar-refractivity contribution is -0.302. The SMILES string of the molecule is CCC1OC(COC(C)=O)C(OC2OC(C(=O)OC)C(C)C(OCc3ccccc3)C2C(C)C)CCC1C. The average Bonchev–Trinajstić information content (AvgIpc) is 3.05. The van der Waals surface area contributed by atoms with Crippen LogP contribution in [0.3, 0.4) is 0 Å². The van der Waals surface area contributed by atoms with Crippen LogP contribution in [-0.4, -0.2) is 62.5 Å². The molecule has 0 spiro atoms. The predicted molar refractivity (Wildman–Crippen MR) is 142 cm³/mol. The Kier molecular flexibility index (Phi) is 11.6. The monoisotopic (exact) mass is 534 g/mol. The molecule has 0 aromatic heterocycles. The molecule has 0 amide bonds. The van der Waals surface area contributed by atoms with Crippen molar-refractivity contribution in [1.82, 2.24) is 0 Å². The van der Waals surface area contributed by atoms with E-state index in [0.29, 0.717) is 12.5 Å². The number of carbonyl (C=O) groups is 2. The Balaban J connectivity index is 1.88. The van der Waals surface area contributed by atoms with Gasteiger partial charge in [0, 0.05) is 18.8 Å². The molecule has 2 aliphatic heterocycles. The maximum atomic E-state index is 12.8. The minimum atomic E-state index is -0.832. The van der Waals surface area contributed by atoms with Crippen LogP contribution >= 0.6 is 0 Å². The zero-order valence-electron chi connectivity index (χ0n) is 24.0. The first-order valence-corrected chi connectivity index (χ1v) is 14.0. The van der Waals surface area contributed by atoms with Crippen LogP contribution in [0.4, 0.5) is 0 Å². The largest absolute Gasteiger partial charge is 0.467 e. The molecule has 0 bridgehead atoms. The minimum absolute atomic E-state index is 0.0436. The van der Waals surface area contributed by atoms with Gasteiger partial charge >= 0.3 is 11.9 Å². The Morgan fingerprint density at radius 3 is 2.37 bits per heavy atom. The Bertz CT molecular complexity index is 874. The Hall–Kier alpha value is -2.00. The fraction of sp³-hybridized carbons (Fsp3) is 0.733. The van der Waals surface area contributed by atoms with Crippen molar-refractivity contribution in [3.63, 3.8) is 0 Å². The van der Waals surface area contributed by atoms with Gasteiger partial charge in [-0.1, -0.05) is 65.0 Å². The lowest BCUT2D eigenvalue weighted by Gasteiger charge is -2.47. The summed E-state index contributed by atoms with van der Waals surface area (Å²) in [5.41, 5.74) is 1.05. The summed E-state index contributed by atoms with van der Waals surface area (Å²) in [5.74, 6) is -0.721. The fourth-order valence-electron chi connectivity index (χ4n) is 5.69. The second-order valence-electron chi connectivity index (χ2n) is 11.0. The zero-order valence-corrected chi connectivity index (χ0v) is 24.0. The number of hydrogen-bond donors (Lipinski definition) is 0. The van der Waals surface area contributed by atoms with Crippen molar-refractivity contribution in [2.24, 2.45) is 23.7 Å². The molecule has 0 N–H and O–H groups in total. The van der Waals surface area contributed by atoms with Gasteiger partial charge in [0.25, 0.3) is 0 Å². The van der Waals surface area contributed by atoms with E-state index >= 15 is 0 Å². The standard InChI is InChI=1S/C30H46O8/c1-8-23-19(4)14-15-24(25(36-23)17-34-21(6)31)37-30-26(18(2)3)27(20(5)28(38-30)29(32)33-7)35-16-22-12-10-9-11-13-22/h9-13,18-20,23-28,30H,8,14-17H2,1-7H3. The van der Waals surface area contributed by atoms with Crippen LogP contribution in [0.1, 0.15) is 66.4 Å². The molecule has 3 rings (SSSR count). The topological polar surface area (TPSA) is 89.5 Å². The van der Waals surface area contributed by atoms with E-state index in [-0.39, 0.29) is 48.6 Å². The van der Waals surface area contributed by atoms with Gasteiger partial charge in [0.15, 0.2) is 12.4 Å². The molecule has 0 saturated carbocycles. The third-order valence-electron chi connectivity index (χ3n) is 7.93. The van der Waals surface area contributed by atoms with Crippen LogP contribution < -0.4 is 0 Å². The summed E-state index contributed by atoms with van der Waals surface area (Å²) in [6.07, 6.45) is -0.144. The minimum Gasteiger partial charge on any atom is -0.467 e. The molecular weight excluding hydrogens is 488 g/mol. The third-order valence-corrected chi connectivity index (χ3v) is 7.93. The van der Waals surface area contributed by atoms with Crippen LogP contribution in [0, 0.1) is 23.7 Å². The van der Waals surface area contributed by atoms with E-state index in [2.05, 4.69) is 27.7 Å². The van der Waals surface area contributed by atoms with E-state index < -0.39 is 24.5 Å².